The minimum absolute atomic E-state index is 0.0529. The second-order valence-electron chi connectivity index (χ2n) is 8.74. The van der Waals surface area contributed by atoms with Crippen molar-refractivity contribution in [1.82, 2.24) is 15.1 Å². The molecule has 164 valence electrons. The number of likely N-dealkylation sites (tertiary alicyclic amines) is 1. The minimum atomic E-state index is -0.452. The number of aliphatic hydroxyl groups excluding tert-OH is 1. The van der Waals surface area contributed by atoms with E-state index >= 15 is 0 Å². The number of piperidine rings is 1. The van der Waals surface area contributed by atoms with E-state index in [0.29, 0.717) is 31.0 Å². The maximum absolute atomic E-state index is 14.4. The summed E-state index contributed by atoms with van der Waals surface area (Å²) >= 11 is 0. The van der Waals surface area contributed by atoms with Crippen LogP contribution in [-0.4, -0.2) is 65.9 Å². The molecule has 2 N–H and O–H groups in total. The molecule has 8 heteroatoms. The molecule has 1 aliphatic heterocycles. The fourth-order valence-electron chi connectivity index (χ4n) is 4.41. The third kappa shape index (κ3) is 4.69. The summed E-state index contributed by atoms with van der Waals surface area (Å²) in [6.45, 7) is 0.855. The van der Waals surface area contributed by atoms with E-state index in [1.54, 1.807) is 21.9 Å². The fourth-order valence-corrected chi connectivity index (χ4v) is 4.41. The van der Waals surface area contributed by atoms with E-state index in [4.69, 9.17) is 4.74 Å². The molecular weight excluding hydrogens is 389 g/mol. The summed E-state index contributed by atoms with van der Waals surface area (Å²) in [5.74, 6) is 0.0916. The summed E-state index contributed by atoms with van der Waals surface area (Å²) in [6, 6.07) is 4.95. The number of halogens is 1. The molecule has 0 unspecified atom stereocenters. The number of ether oxygens (including phenoxy) is 1. The highest BCUT2D eigenvalue weighted by molar-refractivity contribution is 5.75. The van der Waals surface area contributed by atoms with Crippen molar-refractivity contribution < 1.29 is 23.8 Å². The van der Waals surface area contributed by atoms with Crippen LogP contribution in [-0.2, 0) is 11.3 Å². The van der Waals surface area contributed by atoms with E-state index in [2.05, 4.69) is 5.32 Å². The summed E-state index contributed by atoms with van der Waals surface area (Å²) in [5, 5.41) is 12.5. The number of carbonyl (C=O) groups is 2. The van der Waals surface area contributed by atoms with Crippen LogP contribution in [0.25, 0.3) is 0 Å². The minimum Gasteiger partial charge on any atom is -0.453 e. The Labute approximate surface area is 176 Å². The standard InChI is InChI=1S/C22H30FN3O4/c1-30-22(29)25-11-14(13-27)8-19(12-25)26(18-6-7-18)21(28)24-10-17-5-4-16(9-20(17)23)15-2-3-15/h4-5,9,14-15,18-19,27H,2-3,6-8,10-13H2,1H3,(H,24,28)/t14-,19+/m0/s1. The first kappa shape index (κ1) is 20.9. The molecule has 0 bridgehead atoms. The average Bonchev–Trinajstić information content (AvgIpc) is 3.65. The van der Waals surface area contributed by atoms with Gasteiger partial charge in [-0.25, -0.2) is 14.0 Å². The highest BCUT2D eigenvalue weighted by Crippen LogP contribution is 2.40. The van der Waals surface area contributed by atoms with Crippen LogP contribution in [0.1, 0.15) is 49.1 Å². The van der Waals surface area contributed by atoms with E-state index in [1.165, 1.54) is 7.11 Å². The van der Waals surface area contributed by atoms with Gasteiger partial charge in [-0.15, -0.1) is 0 Å². The van der Waals surface area contributed by atoms with Gasteiger partial charge in [-0.1, -0.05) is 12.1 Å². The van der Waals surface area contributed by atoms with E-state index < -0.39 is 6.09 Å². The van der Waals surface area contributed by atoms with Gasteiger partial charge >= 0.3 is 12.1 Å². The van der Waals surface area contributed by atoms with Gasteiger partial charge in [0.25, 0.3) is 0 Å². The Bertz CT molecular complexity index is 797. The quantitative estimate of drug-likeness (QED) is 0.743. The topological polar surface area (TPSA) is 82.1 Å². The van der Waals surface area contributed by atoms with Crippen LogP contribution in [0.4, 0.5) is 14.0 Å². The smallest absolute Gasteiger partial charge is 0.409 e. The number of urea groups is 1. The Hall–Kier alpha value is -2.35. The van der Waals surface area contributed by atoms with E-state index in [9.17, 15) is 19.1 Å². The van der Waals surface area contributed by atoms with Crippen LogP contribution in [0.5, 0.6) is 0 Å². The van der Waals surface area contributed by atoms with Gasteiger partial charge in [0.1, 0.15) is 5.82 Å². The molecule has 1 aromatic rings. The lowest BCUT2D eigenvalue weighted by atomic mass is 9.94. The molecule has 0 aromatic heterocycles. The van der Waals surface area contributed by atoms with Gasteiger partial charge in [0.05, 0.1) is 13.2 Å². The third-order valence-electron chi connectivity index (χ3n) is 6.33. The van der Waals surface area contributed by atoms with Gasteiger partial charge < -0.3 is 25.0 Å². The highest BCUT2D eigenvalue weighted by Gasteiger charge is 2.42. The van der Waals surface area contributed by atoms with Crippen LogP contribution in [0.2, 0.25) is 0 Å². The molecule has 0 radical (unpaired) electrons. The molecule has 3 fully saturated rings. The number of hydrogen-bond donors (Lipinski definition) is 2. The number of hydrogen-bond acceptors (Lipinski definition) is 4. The number of methoxy groups -OCH3 is 1. The lowest BCUT2D eigenvalue weighted by molar-refractivity contribution is 0.0464. The van der Waals surface area contributed by atoms with Gasteiger partial charge in [0, 0.05) is 43.8 Å². The van der Waals surface area contributed by atoms with Crippen LogP contribution in [0.3, 0.4) is 0 Å². The number of rotatable bonds is 6. The molecule has 30 heavy (non-hydrogen) atoms. The molecule has 2 saturated carbocycles. The molecule has 2 aliphatic carbocycles. The number of carbonyl (C=O) groups excluding carboxylic acids is 2. The number of nitrogens with one attached hydrogen (secondary N) is 1. The van der Waals surface area contributed by atoms with Crippen LogP contribution >= 0.6 is 0 Å². The van der Waals surface area contributed by atoms with Gasteiger partial charge in [0.2, 0.25) is 0 Å². The molecule has 4 rings (SSSR count). The Kier molecular flexibility index (Phi) is 6.13. The zero-order valence-electron chi connectivity index (χ0n) is 17.3. The Morgan fingerprint density at radius 1 is 1.23 bits per heavy atom. The molecule has 3 amide bonds. The zero-order valence-corrected chi connectivity index (χ0v) is 17.3. The van der Waals surface area contributed by atoms with Crippen molar-refractivity contribution in [2.45, 2.75) is 56.7 Å². The normalized spacial score (nSPS) is 23.8. The maximum atomic E-state index is 14.4. The number of nitrogens with zero attached hydrogens (tertiary/aromatic N) is 2. The number of benzene rings is 1. The molecule has 0 spiro atoms. The molecule has 7 nitrogen and oxygen atoms in total. The zero-order chi connectivity index (χ0) is 21.3. The van der Waals surface area contributed by atoms with Crippen LogP contribution in [0.15, 0.2) is 18.2 Å². The van der Waals surface area contributed by atoms with Crippen molar-refractivity contribution in [2.24, 2.45) is 5.92 Å². The van der Waals surface area contributed by atoms with Crippen LogP contribution in [0, 0.1) is 11.7 Å². The van der Waals surface area contributed by atoms with Crippen molar-refractivity contribution in [3.8, 4) is 0 Å². The van der Waals surface area contributed by atoms with Gasteiger partial charge in [-0.3, -0.25) is 0 Å². The van der Waals surface area contributed by atoms with Crippen molar-refractivity contribution in [3.05, 3.63) is 35.1 Å². The SMILES string of the molecule is COC(=O)N1C[C@@H](CO)C[C@@H](N(C(=O)NCc2ccc(C3CC3)cc2F)C2CC2)C1. The van der Waals surface area contributed by atoms with Gasteiger partial charge in [-0.05, 0) is 49.7 Å². The maximum Gasteiger partial charge on any atom is 0.409 e. The van der Waals surface area contributed by atoms with Crippen LogP contribution < -0.4 is 5.32 Å². The molecule has 1 heterocycles. The largest absolute Gasteiger partial charge is 0.453 e. The van der Waals surface area contributed by atoms with Crippen molar-refractivity contribution in [2.75, 3.05) is 26.8 Å². The lowest BCUT2D eigenvalue weighted by Crippen LogP contribution is -2.57. The lowest BCUT2D eigenvalue weighted by Gasteiger charge is -2.41. The average molecular weight is 419 g/mol. The summed E-state index contributed by atoms with van der Waals surface area (Å²) in [6.07, 6.45) is 4.23. The fraction of sp³-hybridized carbons (Fsp3) is 0.636. The number of amides is 3. The first-order chi connectivity index (χ1) is 14.5. The molecule has 3 aliphatic rings. The van der Waals surface area contributed by atoms with Gasteiger partial charge in [0.15, 0.2) is 0 Å². The van der Waals surface area contributed by atoms with Crippen molar-refractivity contribution >= 4 is 12.1 Å². The first-order valence-corrected chi connectivity index (χ1v) is 10.8. The summed E-state index contributed by atoms with van der Waals surface area (Å²) in [4.78, 5) is 28.4. The summed E-state index contributed by atoms with van der Waals surface area (Å²) < 4.78 is 19.3. The first-order valence-electron chi connectivity index (χ1n) is 10.8. The van der Waals surface area contributed by atoms with E-state index in [-0.39, 0.29) is 43.0 Å². The van der Waals surface area contributed by atoms with Crippen molar-refractivity contribution in [1.29, 1.82) is 0 Å². The van der Waals surface area contributed by atoms with E-state index in [1.807, 2.05) is 6.07 Å². The summed E-state index contributed by atoms with van der Waals surface area (Å²) in [7, 11) is 1.33. The number of aliphatic hydroxyl groups is 1. The monoisotopic (exact) mass is 419 g/mol. The third-order valence-corrected chi connectivity index (χ3v) is 6.33. The molecule has 2 atom stereocenters. The Balaban J connectivity index is 1.42. The molecule has 1 saturated heterocycles. The van der Waals surface area contributed by atoms with Crippen molar-refractivity contribution in [3.63, 3.8) is 0 Å². The predicted molar refractivity (Wildman–Crippen MR) is 108 cm³/mol. The Morgan fingerprint density at radius 3 is 2.60 bits per heavy atom. The van der Waals surface area contributed by atoms with E-state index in [0.717, 1.165) is 31.2 Å². The van der Waals surface area contributed by atoms with Gasteiger partial charge in [-0.2, -0.15) is 0 Å². The second kappa shape index (κ2) is 8.79. The second-order valence-corrected chi connectivity index (χ2v) is 8.74. The molecular formula is C22H30FN3O4. The summed E-state index contributed by atoms with van der Waals surface area (Å²) in [5.41, 5.74) is 1.50. The highest BCUT2D eigenvalue weighted by atomic mass is 19.1. The Morgan fingerprint density at radius 2 is 2.00 bits per heavy atom. The molecule has 1 aromatic carbocycles. The predicted octanol–water partition coefficient (Wildman–Crippen LogP) is 2.83.